The highest BCUT2D eigenvalue weighted by Crippen LogP contribution is 2.22. The summed E-state index contributed by atoms with van der Waals surface area (Å²) in [5, 5.41) is 7.25. The number of carbonyl (C=O) groups is 1. The highest BCUT2D eigenvalue weighted by molar-refractivity contribution is 5.80. The van der Waals surface area contributed by atoms with Gasteiger partial charge in [0.15, 0.2) is 0 Å². The molecule has 2 aromatic heterocycles. The number of carbonyl (C=O) groups excluding carboxylic acids is 1. The molecule has 0 radical (unpaired) electrons. The first-order chi connectivity index (χ1) is 11.3. The molecule has 0 aliphatic carbocycles. The summed E-state index contributed by atoms with van der Waals surface area (Å²) in [6.07, 6.45) is 6.91. The Balaban J connectivity index is 1.86. The third kappa shape index (κ3) is 3.45. The van der Waals surface area contributed by atoms with Crippen LogP contribution in [0.4, 0.5) is 0 Å². The Kier molecular flexibility index (Phi) is 4.47. The van der Waals surface area contributed by atoms with Crippen LogP contribution in [0.2, 0.25) is 0 Å². The number of rotatable bonds is 5. The Morgan fingerprint density at radius 1 is 1.00 bits per heavy atom. The van der Waals surface area contributed by atoms with Crippen LogP contribution in [0.5, 0.6) is 0 Å². The molecule has 5 nitrogen and oxygen atoms in total. The summed E-state index contributed by atoms with van der Waals surface area (Å²) in [6.45, 7) is 1.83. The molecule has 5 heteroatoms. The fourth-order valence-corrected chi connectivity index (χ4v) is 2.45. The number of nitrogens with one attached hydrogen (secondary N) is 1. The van der Waals surface area contributed by atoms with E-state index in [1.807, 2.05) is 49.4 Å². The van der Waals surface area contributed by atoms with Gasteiger partial charge in [-0.2, -0.15) is 5.10 Å². The summed E-state index contributed by atoms with van der Waals surface area (Å²) in [6, 6.07) is 14.9. The molecule has 0 bridgehead atoms. The molecule has 0 aliphatic heterocycles. The van der Waals surface area contributed by atoms with E-state index in [1.54, 1.807) is 35.5 Å². The number of hydrogen-bond donors (Lipinski definition) is 1. The lowest BCUT2D eigenvalue weighted by Crippen LogP contribution is -2.34. The van der Waals surface area contributed by atoms with E-state index in [-0.39, 0.29) is 18.0 Å². The normalized spacial score (nSPS) is 13.3. The van der Waals surface area contributed by atoms with E-state index in [2.05, 4.69) is 15.4 Å². The Bertz CT molecular complexity index is 702. The maximum Gasteiger partial charge on any atom is 0.245 e. The van der Waals surface area contributed by atoms with Gasteiger partial charge >= 0.3 is 0 Å². The summed E-state index contributed by atoms with van der Waals surface area (Å²) >= 11 is 0. The molecule has 2 heterocycles. The standard InChI is InChI=1S/C18H18N4O/c1-14(22-13-5-10-20-22)18(23)21-17(15-6-3-2-4-7-15)16-8-11-19-12-9-16/h2-14,17H,1H3,(H,21,23)/t14-,17+/m1/s1. The molecular weight excluding hydrogens is 288 g/mol. The second kappa shape index (κ2) is 6.87. The molecule has 1 aromatic carbocycles. The van der Waals surface area contributed by atoms with Gasteiger partial charge in [0.1, 0.15) is 6.04 Å². The van der Waals surface area contributed by atoms with Crippen molar-refractivity contribution in [1.82, 2.24) is 20.1 Å². The third-order valence-electron chi connectivity index (χ3n) is 3.76. The first kappa shape index (κ1) is 15.0. The predicted molar refractivity (Wildman–Crippen MR) is 87.6 cm³/mol. The molecule has 1 amide bonds. The molecule has 0 saturated carbocycles. The van der Waals surface area contributed by atoms with Gasteiger partial charge in [0.25, 0.3) is 0 Å². The number of aromatic nitrogens is 3. The highest BCUT2D eigenvalue weighted by Gasteiger charge is 2.21. The second-order valence-corrected chi connectivity index (χ2v) is 5.29. The lowest BCUT2D eigenvalue weighted by Gasteiger charge is -2.22. The summed E-state index contributed by atoms with van der Waals surface area (Å²) in [4.78, 5) is 16.7. The number of amides is 1. The second-order valence-electron chi connectivity index (χ2n) is 5.29. The maximum absolute atomic E-state index is 12.6. The van der Waals surface area contributed by atoms with E-state index >= 15 is 0 Å². The molecule has 0 unspecified atom stereocenters. The number of benzene rings is 1. The minimum atomic E-state index is -0.377. The number of pyridine rings is 1. The fourth-order valence-electron chi connectivity index (χ4n) is 2.45. The average Bonchev–Trinajstić information content (AvgIpc) is 3.15. The van der Waals surface area contributed by atoms with Gasteiger partial charge in [-0.1, -0.05) is 30.3 Å². The van der Waals surface area contributed by atoms with E-state index in [4.69, 9.17) is 0 Å². The van der Waals surface area contributed by atoms with Crippen LogP contribution in [0.1, 0.15) is 30.1 Å². The van der Waals surface area contributed by atoms with Crippen molar-refractivity contribution in [2.45, 2.75) is 19.0 Å². The molecule has 2 atom stereocenters. The molecular formula is C18H18N4O. The van der Waals surface area contributed by atoms with E-state index < -0.39 is 0 Å². The first-order valence-electron chi connectivity index (χ1n) is 7.50. The number of hydrogen-bond acceptors (Lipinski definition) is 3. The van der Waals surface area contributed by atoms with Crippen molar-refractivity contribution in [3.63, 3.8) is 0 Å². The molecule has 0 saturated heterocycles. The minimum Gasteiger partial charge on any atom is -0.343 e. The van der Waals surface area contributed by atoms with Crippen LogP contribution in [-0.4, -0.2) is 20.7 Å². The van der Waals surface area contributed by atoms with Crippen molar-refractivity contribution in [3.8, 4) is 0 Å². The number of nitrogens with zero attached hydrogens (tertiary/aromatic N) is 3. The quantitative estimate of drug-likeness (QED) is 0.788. The van der Waals surface area contributed by atoms with Crippen LogP contribution in [0, 0.1) is 0 Å². The van der Waals surface area contributed by atoms with Crippen LogP contribution in [0.3, 0.4) is 0 Å². The van der Waals surface area contributed by atoms with Gasteiger partial charge in [-0.25, -0.2) is 0 Å². The summed E-state index contributed by atoms with van der Waals surface area (Å²) in [7, 11) is 0. The molecule has 1 N–H and O–H groups in total. The van der Waals surface area contributed by atoms with E-state index in [9.17, 15) is 4.79 Å². The Morgan fingerprint density at radius 3 is 2.35 bits per heavy atom. The summed E-state index contributed by atoms with van der Waals surface area (Å²) in [5.41, 5.74) is 2.02. The monoisotopic (exact) mass is 306 g/mol. The lowest BCUT2D eigenvalue weighted by atomic mass is 9.99. The van der Waals surface area contributed by atoms with Crippen LogP contribution >= 0.6 is 0 Å². The van der Waals surface area contributed by atoms with Crippen molar-refractivity contribution < 1.29 is 4.79 Å². The molecule has 0 aliphatic rings. The smallest absolute Gasteiger partial charge is 0.245 e. The highest BCUT2D eigenvalue weighted by atomic mass is 16.2. The van der Waals surface area contributed by atoms with Crippen LogP contribution in [-0.2, 0) is 4.79 Å². The third-order valence-corrected chi connectivity index (χ3v) is 3.76. The van der Waals surface area contributed by atoms with E-state index in [1.165, 1.54) is 0 Å². The zero-order valence-corrected chi connectivity index (χ0v) is 12.8. The van der Waals surface area contributed by atoms with E-state index in [0.717, 1.165) is 11.1 Å². The average molecular weight is 306 g/mol. The predicted octanol–water partition coefficient (Wildman–Crippen LogP) is 2.74. The first-order valence-corrected chi connectivity index (χ1v) is 7.50. The van der Waals surface area contributed by atoms with Gasteiger partial charge in [-0.15, -0.1) is 0 Å². The van der Waals surface area contributed by atoms with Gasteiger partial charge in [0, 0.05) is 24.8 Å². The van der Waals surface area contributed by atoms with Gasteiger partial charge in [-0.3, -0.25) is 14.5 Å². The Hall–Kier alpha value is -2.95. The van der Waals surface area contributed by atoms with Crippen molar-refractivity contribution in [3.05, 3.63) is 84.4 Å². The fraction of sp³-hybridized carbons (Fsp3) is 0.167. The van der Waals surface area contributed by atoms with Crippen molar-refractivity contribution >= 4 is 5.91 Å². The van der Waals surface area contributed by atoms with Crippen LogP contribution in [0.15, 0.2) is 73.3 Å². The largest absolute Gasteiger partial charge is 0.343 e. The molecule has 23 heavy (non-hydrogen) atoms. The van der Waals surface area contributed by atoms with Gasteiger partial charge in [0.2, 0.25) is 5.91 Å². The van der Waals surface area contributed by atoms with Crippen LogP contribution in [0.25, 0.3) is 0 Å². The Labute approximate surface area is 135 Å². The zero-order valence-electron chi connectivity index (χ0n) is 12.8. The molecule has 3 aromatic rings. The Morgan fingerprint density at radius 2 is 1.70 bits per heavy atom. The topological polar surface area (TPSA) is 59.8 Å². The molecule has 0 fully saturated rings. The molecule has 116 valence electrons. The SMILES string of the molecule is C[C@H](C(=O)N[C@@H](c1ccccc1)c1ccncc1)n1cccn1. The summed E-state index contributed by atoms with van der Waals surface area (Å²) in [5.74, 6) is -0.0839. The van der Waals surface area contributed by atoms with E-state index in [0.29, 0.717) is 0 Å². The van der Waals surface area contributed by atoms with Gasteiger partial charge in [-0.05, 0) is 36.2 Å². The van der Waals surface area contributed by atoms with Gasteiger partial charge < -0.3 is 5.32 Å². The molecule has 0 spiro atoms. The van der Waals surface area contributed by atoms with Crippen LogP contribution < -0.4 is 5.32 Å². The van der Waals surface area contributed by atoms with Crippen molar-refractivity contribution in [2.75, 3.05) is 0 Å². The molecule has 3 rings (SSSR count). The summed E-state index contributed by atoms with van der Waals surface area (Å²) < 4.78 is 1.64. The minimum absolute atomic E-state index is 0.0839. The zero-order chi connectivity index (χ0) is 16.1. The van der Waals surface area contributed by atoms with Gasteiger partial charge in [0.05, 0.1) is 6.04 Å². The van der Waals surface area contributed by atoms with Crippen molar-refractivity contribution in [1.29, 1.82) is 0 Å². The lowest BCUT2D eigenvalue weighted by molar-refractivity contribution is -0.124. The maximum atomic E-state index is 12.6. The van der Waals surface area contributed by atoms with Crippen molar-refractivity contribution in [2.24, 2.45) is 0 Å².